The van der Waals surface area contributed by atoms with Crippen molar-refractivity contribution in [2.45, 2.75) is 51.5 Å². The second-order valence-electron chi connectivity index (χ2n) is 10.3. The number of nitrogens with two attached hydrogens (primary N) is 1. The molecule has 0 aromatic heterocycles. The average molecular weight is 399 g/mol. The molecule has 4 bridgehead atoms. The molecule has 1 saturated heterocycles. The van der Waals surface area contributed by atoms with Gasteiger partial charge < -0.3 is 20.3 Å². The zero-order valence-corrected chi connectivity index (χ0v) is 17.7. The summed E-state index contributed by atoms with van der Waals surface area (Å²) in [5.41, 5.74) is 2.61. The van der Waals surface area contributed by atoms with E-state index in [1.807, 2.05) is 12.1 Å². The summed E-state index contributed by atoms with van der Waals surface area (Å²) in [5.74, 6) is 3.05. The fraction of sp³-hybridized carbons (Fsp3) is 0.708. The number of ether oxygens (including phenoxy) is 1. The molecule has 1 heterocycles. The molecule has 3 N–H and O–H groups in total. The largest absolute Gasteiger partial charge is 0.378 e. The van der Waals surface area contributed by atoms with Gasteiger partial charge in [-0.1, -0.05) is 0 Å². The van der Waals surface area contributed by atoms with Crippen LogP contribution in [-0.4, -0.2) is 44.8 Å². The third-order valence-electron chi connectivity index (χ3n) is 7.99. The number of carbonyl (C=O) groups is 1. The van der Waals surface area contributed by atoms with Gasteiger partial charge in [-0.2, -0.15) is 0 Å². The van der Waals surface area contributed by atoms with E-state index in [0.717, 1.165) is 56.3 Å². The Hall–Kier alpha value is -1.59. The first-order valence-corrected chi connectivity index (χ1v) is 11.7. The molecule has 0 radical (unpaired) electrons. The fourth-order valence-corrected chi connectivity index (χ4v) is 6.91. The Bertz CT molecular complexity index is 691. The van der Waals surface area contributed by atoms with Crippen molar-refractivity contribution in [1.82, 2.24) is 0 Å². The molecule has 4 aliphatic carbocycles. The summed E-state index contributed by atoms with van der Waals surface area (Å²) in [7, 11) is 0. The Balaban J connectivity index is 1.13. The lowest BCUT2D eigenvalue weighted by Gasteiger charge is -2.56. The van der Waals surface area contributed by atoms with E-state index in [1.54, 1.807) is 0 Å². The highest BCUT2D eigenvalue weighted by atomic mass is 16.5. The molecule has 1 atom stereocenters. The quantitative estimate of drug-likeness (QED) is 0.775. The van der Waals surface area contributed by atoms with Crippen LogP contribution >= 0.6 is 0 Å². The molecule has 6 rings (SSSR count). The summed E-state index contributed by atoms with van der Waals surface area (Å²) in [4.78, 5) is 15.1. The second-order valence-corrected chi connectivity index (χ2v) is 10.3. The first-order chi connectivity index (χ1) is 14.1. The van der Waals surface area contributed by atoms with Crippen LogP contribution in [0.4, 0.5) is 11.4 Å². The molecule has 29 heavy (non-hydrogen) atoms. The maximum Gasteiger partial charge on any atom is 0.282 e. The zero-order valence-electron chi connectivity index (χ0n) is 17.7. The number of quaternary nitrogens is 1. The molecule has 4 saturated carbocycles. The van der Waals surface area contributed by atoms with Gasteiger partial charge in [-0.05, 0) is 87.5 Å². The highest BCUT2D eigenvalue weighted by Gasteiger charge is 2.51. The van der Waals surface area contributed by atoms with E-state index in [9.17, 15) is 4.79 Å². The number of morpholine rings is 1. The minimum absolute atomic E-state index is 0.0399. The predicted octanol–water partition coefficient (Wildman–Crippen LogP) is 2.63. The Kier molecular flexibility index (Phi) is 5.29. The lowest BCUT2D eigenvalue weighted by molar-refractivity contribution is -0.686. The van der Waals surface area contributed by atoms with Crippen LogP contribution in [-0.2, 0) is 9.53 Å². The minimum atomic E-state index is -0.0399. The molecule has 1 amide bonds. The molecule has 0 spiro atoms. The van der Waals surface area contributed by atoms with Crippen LogP contribution in [0.15, 0.2) is 24.3 Å². The molecule has 1 aromatic carbocycles. The van der Waals surface area contributed by atoms with Gasteiger partial charge in [0.05, 0.1) is 19.8 Å². The van der Waals surface area contributed by atoms with Crippen LogP contribution in [0.1, 0.15) is 45.4 Å². The van der Waals surface area contributed by atoms with E-state index < -0.39 is 0 Å². The van der Waals surface area contributed by atoms with Gasteiger partial charge in [0.1, 0.15) is 0 Å². The molecule has 1 aromatic rings. The van der Waals surface area contributed by atoms with Crippen molar-refractivity contribution >= 4 is 17.3 Å². The van der Waals surface area contributed by atoms with E-state index in [-0.39, 0.29) is 11.9 Å². The third kappa shape index (κ3) is 4.17. The third-order valence-corrected chi connectivity index (χ3v) is 7.99. The first kappa shape index (κ1) is 19.4. The number of amides is 1. The summed E-state index contributed by atoms with van der Waals surface area (Å²) in [6.07, 6.45) is 8.67. The van der Waals surface area contributed by atoms with Crippen molar-refractivity contribution in [2.24, 2.45) is 23.2 Å². The highest BCUT2D eigenvalue weighted by molar-refractivity contribution is 5.93. The van der Waals surface area contributed by atoms with Gasteiger partial charge in [-0.15, -0.1) is 0 Å². The van der Waals surface area contributed by atoms with Crippen LogP contribution in [0.3, 0.4) is 0 Å². The van der Waals surface area contributed by atoms with Crippen molar-refractivity contribution in [1.29, 1.82) is 0 Å². The standard InChI is InChI=1S/C24H35N3O2/c1-17(25-16-24-13-18-10-19(14-24)12-20(11-18)15-24)23(28)26-21-2-4-22(5-3-21)27-6-8-29-9-7-27/h2-5,17-20,25H,6-16H2,1H3,(H,26,28)/p+1/t17-,18?,19?,20?,24?/m1/s1. The van der Waals surface area contributed by atoms with Crippen LogP contribution in [0, 0.1) is 23.2 Å². The van der Waals surface area contributed by atoms with Crippen molar-refractivity contribution in [3.8, 4) is 0 Å². The number of carbonyl (C=O) groups excluding carboxylic acids is 1. The number of rotatable bonds is 6. The van der Waals surface area contributed by atoms with E-state index in [2.05, 4.69) is 34.6 Å². The van der Waals surface area contributed by atoms with Crippen molar-refractivity contribution < 1.29 is 14.8 Å². The highest BCUT2D eigenvalue weighted by Crippen LogP contribution is 2.59. The normalized spacial score (nSPS) is 34.2. The molecule has 5 heteroatoms. The Morgan fingerprint density at radius 2 is 1.69 bits per heavy atom. The maximum atomic E-state index is 12.7. The average Bonchev–Trinajstić information content (AvgIpc) is 2.72. The first-order valence-electron chi connectivity index (χ1n) is 11.7. The van der Waals surface area contributed by atoms with Gasteiger partial charge in [0.25, 0.3) is 5.91 Å². The number of hydrogen-bond donors (Lipinski definition) is 2. The van der Waals surface area contributed by atoms with E-state index >= 15 is 0 Å². The van der Waals surface area contributed by atoms with Gasteiger partial charge in [0.15, 0.2) is 6.04 Å². The molecule has 0 unspecified atom stereocenters. The second kappa shape index (κ2) is 7.92. The van der Waals surface area contributed by atoms with Crippen molar-refractivity contribution in [2.75, 3.05) is 43.1 Å². The summed E-state index contributed by atoms with van der Waals surface area (Å²) in [6, 6.07) is 8.21. The summed E-state index contributed by atoms with van der Waals surface area (Å²) in [6.45, 7) is 6.62. The van der Waals surface area contributed by atoms with E-state index in [4.69, 9.17) is 4.74 Å². The molecule has 158 valence electrons. The fourth-order valence-electron chi connectivity index (χ4n) is 6.91. The Morgan fingerprint density at radius 1 is 1.10 bits per heavy atom. The van der Waals surface area contributed by atoms with Gasteiger partial charge in [0, 0.05) is 29.9 Å². The number of anilines is 2. The van der Waals surface area contributed by atoms with Gasteiger partial charge in [0.2, 0.25) is 0 Å². The zero-order chi connectivity index (χ0) is 19.8. The van der Waals surface area contributed by atoms with Crippen LogP contribution in [0.5, 0.6) is 0 Å². The molecule has 5 fully saturated rings. The van der Waals surface area contributed by atoms with Crippen LogP contribution in [0.25, 0.3) is 0 Å². The SMILES string of the molecule is C[C@@H]([NH2+]CC12CC3CC(CC(C3)C1)C2)C(=O)Nc1ccc(N2CCOCC2)cc1. The lowest BCUT2D eigenvalue weighted by atomic mass is 9.49. The molecular weight excluding hydrogens is 362 g/mol. The van der Waals surface area contributed by atoms with Gasteiger partial charge >= 0.3 is 0 Å². The van der Waals surface area contributed by atoms with Crippen molar-refractivity contribution in [3.63, 3.8) is 0 Å². The smallest absolute Gasteiger partial charge is 0.282 e. The molecule has 1 aliphatic heterocycles. The monoisotopic (exact) mass is 398 g/mol. The predicted molar refractivity (Wildman–Crippen MR) is 115 cm³/mol. The van der Waals surface area contributed by atoms with Gasteiger partial charge in [-0.25, -0.2) is 0 Å². The van der Waals surface area contributed by atoms with Crippen molar-refractivity contribution in [3.05, 3.63) is 24.3 Å². The van der Waals surface area contributed by atoms with Crippen LogP contribution in [0.2, 0.25) is 0 Å². The number of nitrogens with zero attached hydrogens (tertiary/aromatic N) is 1. The maximum absolute atomic E-state index is 12.7. The number of hydrogen-bond acceptors (Lipinski definition) is 3. The molecular formula is C24H36N3O2+. The molecule has 5 nitrogen and oxygen atoms in total. The topological polar surface area (TPSA) is 58.2 Å². The minimum Gasteiger partial charge on any atom is -0.378 e. The lowest BCUT2D eigenvalue weighted by Crippen LogP contribution is -2.94. The Morgan fingerprint density at radius 3 is 2.28 bits per heavy atom. The summed E-state index contributed by atoms with van der Waals surface area (Å²) in [5, 5.41) is 5.43. The van der Waals surface area contributed by atoms with Crippen LogP contribution < -0.4 is 15.5 Å². The van der Waals surface area contributed by atoms with E-state index in [0.29, 0.717) is 5.41 Å². The molecule has 5 aliphatic rings. The summed E-state index contributed by atoms with van der Waals surface area (Å²) < 4.78 is 5.42. The van der Waals surface area contributed by atoms with E-state index in [1.165, 1.54) is 44.2 Å². The summed E-state index contributed by atoms with van der Waals surface area (Å²) >= 11 is 0. The number of nitrogens with one attached hydrogen (secondary N) is 1. The van der Waals surface area contributed by atoms with Gasteiger partial charge in [-0.3, -0.25) is 4.79 Å². The number of benzene rings is 1. The Labute approximate surface area is 174 Å².